The molecule has 0 aromatic carbocycles. The van der Waals surface area contributed by atoms with Gasteiger partial charge >= 0.3 is 6.36 Å². The van der Waals surface area contributed by atoms with Crippen molar-refractivity contribution in [3.63, 3.8) is 0 Å². The van der Waals surface area contributed by atoms with Crippen molar-refractivity contribution >= 4 is 10.0 Å². The molecule has 0 spiro atoms. The quantitative estimate of drug-likeness (QED) is 0.716. The third kappa shape index (κ3) is 7.34. The van der Waals surface area contributed by atoms with Crippen LogP contribution in [0.3, 0.4) is 0 Å². The largest absolute Gasteiger partial charge is 0.522 e. The van der Waals surface area contributed by atoms with Crippen LogP contribution in [0.2, 0.25) is 0 Å². The Morgan fingerprint density at radius 2 is 2.00 bits per heavy atom. The number of allylic oxidation sites excluding steroid dienone is 1. The topological polar surface area (TPSA) is 69.4 Å². The summed E-state index contributed by atoms with van der Waals surface area (Å²) in [5.74, 6) is 0. The van der Waals surface area contributed by atoms with Crippen molar-refractivity contribution in [3.8, 4) is 0 Å². The van der Waals surface area contributed by atoms with E-state index in [-0.39, 0.29) is 12.8 Å². The van der Waals surface area contributed by atoms with Gasteiger partial charge in [0.05, 0.1) is 11.9 Å². The van der Waals surface area contributed by atoms with Gasteiger partial charge in [0.2, 0.25) is 10.0 Å². The van der Waals surface area contributed by atoms with Gasteiger partial charge in [-0.05, 0) is 12.8 Å². The lowest BCUT2D eigenvalue weighted by Gasteiger charge is -2.13. The fourth-order valence-electron chi connectivity index (χ4n) is 0.908. The van der Waals surface area contributed by atoms with Crippen LogP contribution in [0.25, 0.3) is 0 Å². The molecule has 0 aromatic heterocycles. The number of rotatable bonds is 6. The molecule has 15 heavy (non-hydrogen) atoms. The molecule has 0 fully saturated rings. The standard InChI is InChI=1S/C7H12F3NO3S/c1-2-3-6(15(11,12)13)4-5-14-7(8,9)10/h2,6H,1,3-5H2,(H2,11,12,13)/t6-/m1/s1. The first kappa shape index (κ1) is 14.4. The number of nitrogens with two attached hydrogens (primary N) is 1. The highest BCUT2D eigenvalue weighted by atomic mass is 32.2. The maximum absolute atomic E-state index is 11.6. The molecule has 0 aliphatic heterocycles. The molecule has 4 nitrogen and oxygen atoms in total. The molecule has 0 saturated heterocycles. The van der Waals surface area contributed by atoms with Crippen molar-refractivity contribution in [3.05, 3.63) is 12.7 Å². The molecule has 0 radical (unpaired) electrons. The van der Waals surface area contributed by atoms with Crippen molar-refractivity contribution in [1.29, 1.82) is 0 Å². The number of sulfonamides is 1. The smallest absolute Gasteiger partial charge is 0.292 e. The summed E-state index contributed by atoms with van der Waals surface area (Å²) >= 11 is 0. The maximum atomic E-state index is 11.6. The van der Waals surface area contributed by atoms with Crippen LogP contribution in [-0.4, -0.2) is 26.6 Å². The van der Waals surface area contributed by atoms with Crippen LogP contribution in [0, 0.1) is 0 Å². The summed E-state index contributed by atoms with van der Waals surface area (Å²) in [7, 11) is -3.86. The van der Waals surface area contributed by atoms with E-state index in [1.54, 1.807) is 0 Å². The second kappa shape index (κ2) is 5.47. The molecular weight excluding hydrogens is 235 g/mol. The normalized spacial score (nSPS) is 14.9. The van der Waals surface area contributed by atoms with E-state index in [4.69, 9.17) is 5.14 Å². The average molecular weight is 247 g/mol. The van der Waals surface area contributed by atoms with Gasteiger partial charge in [-0.2, -0.15) is 0 Å². The molecule has 2 N–H and O–H groups in total. The highest BCUT2D eigenvalue weighted by Crippen LogP contribution is 2.18. The van der Waals surface area contributed by atoms with E-state index < -0.39 is 28.2 Å². The Morgan fingerprint density at radius 1 is 1.47 bits per heavy atom. The van der Waals surface area contributed by atoms with Crippen LogP contribution in [0.4, 0.5) is 13.2 Å². The Morgan fingerprint density at radius 3 is 2.33 bits per heavy atom. The minimum atomic E-state index is -4.75. The molecule has 0 amide bonds. The lowest BCUT2D eigenvalue weighted by molar-refractivity contribution is -0.324. The van der Waals surface area contributed by atoms with Crippen LogP contribution in [0.15, 0.2) is 12.7 Å². The number of halogens is 3. The van der Waals surface area contributed by atoms with Crippen molar-refractivity contribution in [2.24, 2.45) is 5.14 Å². The van der Waals surface area contributed by atoms with Gasteiger partial charge in [-0.3, -0.25) is 4.74 Å². The zero-order valence-corrected chi connectivity index (χ0v) is 8.64. The van der Waals surface area contributed by atoms with E-state index in [1.165, 1.54) is 6.08 Å². The van der Waals surface area contributed by atoms with E-state index in [2.05, 4.69) is 11.3 Å². The third-order valence-electron chi connectivity index (χ3n) is 1.60. The second-order valence-corrected chi connectivity index (χ2v) is 4.66. The molecule has 0 unspecified atom stereocenters. The Balaban J connectivity index is 4.15. The Bertz CT molecular complexity index is 299. The first-order chi connectivity index (χ1) is 6.67. The van der Waals surface area contributed by atoms with E-state index in [0.717, 1.165) is 0 Å². The Kier molecular flexibility index (Phi) is 5.26. The van der Waals surface area contributed by atoms with Gasteiger partial charge < -0.3 is 0 Å². The second-order valence-electron chi connectivity index (χ2n) is 2.82. The van der Waals surface area contributed by atoms with Crippen molar-refractivity contribution in [2.75, 3.05) is 6.61 Å². The molecule has 0 rings (SSSR count). The molecular formula is C7H12F3NO3S. The number of primary sulfonamides is 1. The minimum Gasteiger partial charge on any atom is -0.292 e. The van der Waals surface area contributed by atoms with Gasteiger partial charge in [0.1, 0.15) is 0 Å². The predicted octanol–water partition coefficient (Wildman–Crippen LogP) is 1.15. The summed E-state index contributed by atoms with van der Waals surface area (Å²) in [4.78, 5) is 0. The van der Waals surface area contributed by atoms with Gasteiger partial charge in [0.15, 0.2) is 0 Å². The zero-order chi connectivity index (χ0) is 12.1. The lowest BCUT2D eigenvalue weighted by atomic mass is 10.2. The van der Waals surface area contributed by atoms with Crippen LogP contribution >= 0.6 is 0 Å². The molecule has 0 heterocycles. The highest BCUT2D eigenvalue weighted by Gasteiger charge is 2.30. The number of ether oxygens (including phenoxy) is 1. The van der Waals surface area contributed by atoms with Crippen LogP contribution < -0.4 is 5.14 Å². The fraction of sp³-hybridized carbons (Fsp3) is 0.714. The first-order valence-corrected chi connectivity index (χ1v) is 5.61. The Labute approximate surface area is 86.0 Å². The summed E-state index contributed by atoms with van der Waals surface area (Å²) in [5, 5.41) is 3.72. The van der Waals surface area contributed by atoms with Crippen LogP contribution in [0.5, 0.6) is 0 Å². The van der Waals surface area contributed by atoms with E-state index in [9.17, 15) is 21.6 Å². The molecule has 0 aliphatic rings. The van der Waals surface area contributed by atoms with Crippen molar-refractivity contribution in [1.82, 2.24) is 0 Å². The molecule has 0 saturated carbocycles. The fourth-order valence-corrected chi connectivity index (χ4v) is 1.74. The lowest BCUT2D eigenvalue weighted by Crippen LogP contribution is -2.30. The minimum absolute atomic E-state index is 0.0000501. The van der Waals surface area contributed by atoms with Gasteiger partial charge in [0.25, 0.3) is 0 Å². The summed E-state index contributed by atoms with van der Waals surface area (Å²) in [5.41, 5.74) is 0. The van der Waals surface area contributed by atoms with Gasteiger partial charge in [0, 0.05) is 0 Å². The van der Waals surface area contributed by atoms with E-state index in [1.807, 2.05) is 0 Å². The molecule has 1 atom stereocenters. The van der Waals surface area contributed by atoms with Crippen LogP contribution in [-0.2, 0) is 14.8 Å². The van der Waals surface area contributed by atoms with Gasteiger partial charge in [-0.1, -0.05) is 6.08 Å². The highest BCUT2D eigenvalue weighted by molar-refractivity contribution is 7.89. The van der Waals surface area contributed by atoms with Crippen LogP contribution in [0.1, 0.15) is 12.8 Å². The first-order valence-electron chi connectivity index (χ1n) is 4.00. The van der Waals surface area contributed by atoms with Gasteiger partial charge in [-0.15, -0.1) is 19.8 Å². The zero-order valence-electron chi connectivity index (χ0n) is 7.83. The van der Waals surface area contributed by atoms with Crippen molar-refractivity contribution < 1.29 is 26.3 Å². The molecule has 0 aromatic rings. The molecule has 0 aliphatic carbocycles. The number of hydrogen-bond donors (Lipinski definition) is 1. The van der Waals surface area contributed by atoms with Gasteiger partial charge in [-0.25, -0.2) is 13.6 Å². The molecule has 0 bridgehead atoms. The van der Waals surface area contributed by atoms with E-state index in [0.29, 0.717) is 0 Å². The van der Waals surface area contributed by atoms with Crippen molar-refractivity contribution in [2.45, 2.75) is 24.5 Å². The summed E-state index contributed by atoms with van der Waals surface area (Å²) < 4.78 is 59.9. The molecule has 8 heteroatoms. The summed E-state index contributed by atoms with van der Waals surface area (Å²) in [6.45, 7) is 2.55. The SMILES string of the molecule is C=CC[C@H](CCOC(F)(F)F)S(N)(=O)=O. The monoisotopic (exact) mass is 247 g/mol. The number of alkyl halides is 3. The average Bonchev–Trinajstić information content (AvgIpc) is 1.98. The molecule has 90 valence electrons. The number of hydrogen-bond acceptors (Lipinski definition) is 3. The third-order valence-corrected chi connectivity index (χ3v) is 2.96. The Hall–Kier alpha value is -0.600. The summed E-state index contributed by atoms with van der Waals surface area (Å²) in [6, 6.07) is 0. The predicted molar refractivity (Wildman–Crippen MR) is 48.3 cm³/mol. The summed E-state index contributed by atoms with van der Waals surface area (Å²) in [6.07, 6.45) is -3.79. The van der Waals surface area contributed by atoms with E-state index >= 15 is 0 Å². The maximum Gasteiger partial charge on any atom is 0.522 e.